The summed E-state index contributed by atoms with van der Waals surface area (Å²) in [6, 6.07) is 5.71. The van der Waals surface area contributed by atoms with E-state index in [1.54, 1.807) is 0 Å². The topological polar surface area (TPSA) is 26.3 Å². The molecule has 0 bridgehead atoms. The molecule has 0 aliphatic rings. The first-order valence-electron chi connectivity index (χ1n) is 5.71. The SMILES string of the molecule is C=C(C(=O)Oc1cccc(C)c1C)[Si](C)(C)C. The van der Waals surface area contributed by atoms with E-state index in [2.05, 4.69) is 26.2 Å². The van der Waals surface area contributed by atoms with E-state index in [9.17, 15) is 4.79 Å². The Labute approximate surface area is 104 Å². The maximum Gasteiger partial charge on any atom is 0.334 e. The van der Waals surface area contributed by atoms with E-state index in [0.29, 0.717) is 10.9 Å². The predicted molar refractivity (Wildman–Crippen MR) is 74.0 cm³/mol. The van der Waals surface area contributed by atoms with Gasteiger partial charge in [-0.05, 0) is 31.0 Å². The van der Waals surface area contributed by atoms with Crippen LogP contribution in [0.4, 0.5) is 0 Å². The summed E-state index contributed by atoms with van der Waals surface area (Å²) in [4.78, 5) is 11.9. The number of esters is 1. The van der Waals surface area contributed by atoms with Crippen LogP contribution in [0, 0.1) is 13.8 Å². The lowest BCUT2D eigenvalue weighted by Crippen LogP contribution is -2.31. The molecule has 1 aromatic rings. The Balaban J connectivity index is 2.90. The van der Waals surface area contributed by atoms with Gasteiger partial charge in [0.05, 0.1) is 8.07 Å². The minimum atomic E-state index is -1.68. The molecular formula is C14H20O2Si. The Morgan fingerprint density at radius 2 is 1.82 bits per heavy atom. The largest absolute Gasteiger partial charge is 0.423 e. The van der Waals surface area contributed by atoms with Crippen LogP contribution in [0.15, 0.2) is 30.0 Å². The van der Waals surface area contributed by atoms with Crippen LogP contribution < -0.4 is 4.74 Å². The van der Waals surface area contributed by atoms with Crippen LogP contribution in [0.1, 0.15) is 11.1 Å². The van der Waals surface area contributed by atoms with E-state index in [0.717, 1.165) is 11.1 Å². The Kier molecular flexibility index (Phi) is 3.93. The van der Waals surface area contributed by atoms with Crippen molar-refractivity contribution >= 4 is 14.0 Å². The smallest absolute Gasteiger partial charge is 0.334 e. The molecule has 3 heteroatoms. The lowest BCUT2D eigenvalue weighted by atomic mass is 10.1. The molecule has 0 atom stereocenters. The second kappa shape index (κ2) is 4.88. The third-order valence-corrected chi connectivity index (χ3v) is 4.92. The van der Waals surface area contributed by atoms with Crippen LogP contribution in [-0.4, -0.2) is 14.0 Å². The first-order chi connectivity index (χ1) is 7.73. The molecule has 0 saturated carbocycles. The van der Waals surface area contributed by atoms with Gasteiger partial charge in [-0.3, -0.25) is 0 Å². The maximum atomic E-state index is 11.9. The Bertz CT molecular complexity index is 456. The van der Waals surface area contributed by atoms with E-state index in [1.165, 1.54) is 0 Å². The van der Waals surface area contributed by atoms with Crippen molar-refractivity contribution in [1.29, 1.82) is 0 Å². The van der Waals surface area contributed by atoms with Crippen molar-refractivity contribution in [3.8, 4) is 5.75 Å². The summed E-state index contributed by atoms with van der Waals surface area (Å²) in [7, 11) is -1.68. The summed E-state index contributed by atoms with van der Waals surface area (Å²) in [6.07, 6.45) is 0. The lowest BCUT2D eigenvalue weighted by molar-refractivity contribution is -0.129. The molecule has 0 aliphatic carbocycles. The Morgan fingerprint density at radius 1 is 1.24 bits per heavy atom. The number of benzene rings is 1. The van der Waals surface area contributed by atoms with Crippen LogP contribution in [0.2, 0.25) is 19.6 Å². The number of hydrogen-bond acceptors (Lipinski definition) is 2. The van der Waals surface area contributed by atoms with E-state index in [-0.39, 0.29) is 5.97 Å². The summed E-state index contributed by atoms with van der Waals surface area (Å²) >= 11 is 0. The molecule has 17 heavy (non-hydrogen) atoms. The number of aryl methyl sites for hydroxylation is 1. The summed E-state index contributed by atoms with van der Waals surface area (Å²) in [6.45, 7) is 14.1. The van der Waals surface area contributed by atoms with Crippen molar-refractivity contribution in [3.63, 3.8) is 0 Å². The molecule has 0 unspecified atom stereocenters. The van der Waals surface area contributed by atoms with Crippen LogP contribution in [0.5, 0.6) is 5.75 Å². The predicted octanol–water partition coefficient (Wildman–Crippen LogP) is 3.64. The standard InChI is InChI=1S/C14H20O2Si/c1-10-8-7-9-13(11(10)2)16-14(15)12(3)17(4,5)6/h7-9H,3H2,1-2,4-6H3. The molecule has 0 radical (unpaired) electrons. The maximum absolute atomic E-state index is 11.9. The normalized spacial score (nSPS) is 11.1. The van der Waals surface area contributed by atoms with Gasteiger partial charge in [-0.2, -0.15) is 0 Å². The van der Waals surface area contributed by atoms with Crippen molar-refractivity contribution in [3.05, 3.63) is 41.1 Å². The molecule has 0 spiro atoms. The molecule has 0 amide bonds. The molecule has 92 valence electrons. The quantitative estimate of drug-likeness (QED) is 0.353. The van der Waals surface area contributed by atoms with E-state index in [4.69, 9.17) is 4.74 Å². The zero-order valence-corrected chi connectivity index (χ0v) is 12.3. The van der Waals surface area contributed by atoms with Crippen molar-refractivity contribution in [2.75, 3.05) is 0 Å². The fraction of sp³-hybridized carbons (Fsp3) is 0.357. The summed E-state index contributed by atoms with van der Waals surface area (Å²) in [5.41, 5.74) is 2.12. The highest BCUT2D eigenvalue weighted by atomic mass is 28.3. The molecule has 0 aromatic heterocycles. The molecule has 0 fully saturated rings. The monoisotopic (exact) mass is 248 g/mol. The number of carbonyl (C=O) groups excluding carboxylic acids is 1. The van der Waals surface area contributed by atoms with Crippen molar-refractivity contribution in [1.82, 2.24) is 0 Å². The highest BCUT2D eigenvalue weighted by molar-refractivity contribution is 6.86. The molecule has 0 aliphatic heterocycles. The highest BCUT2D eigenvalue weighted by Crippen LogP contribution is 2.23. The molecule has 0 saturated heterocycles. The zero-order chi connectivity index (χ0) is 13.2. The van der Waals surface area contributed by atoms with Crippen LogP contribution in [0.3, 0.4) is 0 Å². The number of hydrogen-bond donors (Lipinski definition) is 0. The van der Waals surface area contributed by atoms with Crippen molar-refractivity contribution in [2.24, 2.45) is 0 Å². The number of ether oxygens (including phenoxy) is 1. The van der Waals surface area contributed by atoms with E-state index >= 15 is 0 Å². The van der Waals surface area contributed by atoms with Gasteiger partial charge in [-0.1, -0.05) is 38.4 Å². The summed E-state index contributed by atoms with van der Waals surface area (Å²) in [5.74, 6) is 0.340. The molecule has 1 rings (SSSR count). The third kappa shape index (κ3) is 3.30. The second-order valence-electron chi connectivity index (χ2n) is 5.32. The van der Waals surface area contributed by atoms with Gasteiger partial charge < -0.3 is 4.74 Å². The third-order valence-electron chi connectivity index (χ3n) is 2.91. The summed E-state index contributed by atoms with van der Waals surface area (Å²) in [5, 5.41) is 0.624. The lowest BCUT2D eigenvalue weighted by Gasteiger charge is -2.18. The van der Waals surface area contributed by atoms with Gasteiger partial charge in [-0.25, -0.2) is 4.79 Å². The van der Waals surface area contributed by atoms with Gasteiger partial charge in [-0.15, -0.1) is 0 Å². The van der Waals surface area contributed by atoms with E-state index < -0.39 is 8.07 Å². The van der Waals surface area contributed by atoms with Gasteiger partial charge in [0.2, 0.25) is 0 Å². The average molecular weight is 248 g/mol. The Morgan fingerprint density at radius 3 is 2.35 bits per heavy atom. The van der Waals surface area contributed by atoms with Gasteiger partial charge in [0.15, 0.2) is 0 Å². The van der Waals surface area contributed by atoms with Gasteiger partial charge in [0.1, 0.15) is 5.75 Å². The first kappa shape index (κ1) is 13.7. The van der Waals surface area contributed by atoms with Crippen molar-refractivity contribution < 1.29 is 9.53 Å². The number of rotatable bonds is 3. The molecule has 1 aromatic carbocycles. The molecule has 2 nitrogen and oxygen atoms in total. The molecular weight excluding hydrogens is 228 g/mol. The highest BCUT2D eigenvalue weighted by Gasteiger charge is 2.25. The van der Waals surface area contributed by atoms with Gasteiger partial charge >= 0.3 is 5.97 Å². The van der Waals surface area contributed by atoms with Crippen LogP contribution in [0.25, 0.3) is 0 Å². The zero-order valence-electron chi connectivity index (χ0n) is 11.3. The van der Waals surface area contributed by atoms with Crippen LogP contribution in [-0.2, 0) is 4.79 Å². The van der Waals surface area contributed by atoms with Crippen LogP contribution >= 0.6 is 0 Å². The minimum Gasteiger partial charge on any atom is -0.423 e. The molecule has 0 heterocycles. The first-order valence-corrected chi connectivity index (χ1v) is 9.21. The molecule has 0 N–H and O–H groups in total. The van der Waals surface area contributed by atoms with E-state index in [1.807, 2.05) is 32.0 Å². The second-order valence-corrected chi connectivity index (χ2v) is 10.4. The van der Waals surface area contributed by atoms with Gasteiger partial charge in [0, 0.05) is 5.20 Å². The fourth-order valence-corrected chi connectivity index (χ4v) is 1.97. The van der Waals surface area contributed by atoms with Gasteiger partial charge in [0.25, 0.3) is 0 Å². The summed E-state index contributed by atoms with van der Waals surface area (Å²) < 4.78 is 5.41. The number of carbonyl (C=O) groups is 1. The Hall–Kier alpha value is -1.35. The fourth-order valence-electron chi connectivity index (χ4n) is 1.30. The minimum absolute atomic E-state index is 0.294. The van der Waals surface area contributed by atoms with Crippen molar-refractivity contribution in [2.45, 2.75) is 33.5 Å². The average Bonchev–Trinajstić information content (AvgIpc) is 2.22.